The van der Waals surface area contributed by atoms with E-state index in [1.807, 2.05) is 50.2 Å². The molecule has 3 atom stereocenters. The summed E-state index contributed by atoms with van der Waals surface area (Å²) in [6, 6.07) is 15.3. The molecular formula is C33H51F2N3O5. The van der Waals surface area contributed by atoms with Crippen molar-refractivity contribution in [2.45, 2.75) is 92.2 Å². The van der Waals surface area contributed by atoms with Crippen molar-refractivity contribution in [2.75, 3.05) is 19.6 Å². The van der Waals surface area contributed by atoms with Gasteiger partial charge in [-0.3, -0.25) is 14.4 Å². The summed E-state index contributed by atoms with van der Waals surface area (Å²) in [5, 5.41) is 25.6. The number of phenols is 1. The number of aromatic hydroxyl groups is 1. The minimum Gasteiger partial charge on any atom is -0.508 e. The quantitative estimate of drug-likeness (QED) is 0.233. The van der Waals surface area contributed by atoms with Crippen LogP contribution in [0.4, 0.5) is 8.78 Å². The third-order valence-electron chi connectivity index (χ3n) is 6.54. The molecule has 8 nitrogen and oxygen atoms in total. The fourth-order valence-corrected chi connectivity index (χ4v) is 3.53. The Morgan fingerprint density at radius 2 is 1.47 bits per heavy atom. The maximum Gasteiger partial charge on any atom is 0.265 e. The lowest BCUT2D eigenvalue weighted by molar-refractivity contribution is -0.150. The molecule has 2 unspecified atom stereocenters. The van der Waals surface area contributed by atoms with E-state index in [1.54, 1.807) is 13.8 Å². The Balaban J connectivity index is 0.00000168. The normalized spacial score (nSPS) is 12.7. The number of amides is 3. The summed E-state index contributed by atoms with van der Waals surface area (Å²) in [6.45, 7) is 11.2. The van der Waals surface area contributed by atoms with Crippen LogP contribution in [-0.2, 0) is 9.59 Å². The number of rotatable bonds is 13. The van der Waals surface area contributed by atoms with Crippen LogP contribution in [-0.4, -0.2) is 70.5 Å². The second-order valence-electron chi connectivity index (χ2n) is 10.5. The van der Waals surface area contributed by atoms with Crippen LogP contribution < -0.4 is 10.6 Å². The largest absolute Gasteiger partial charge is 0.508 e. The van der Waals surface area contributed by atoms with E-state index in [9.17, 15) is 33.4 Å². The molecule has 43 heavy (non-hydrogen) atoms. The van der Waals surface area contributed by atoms with Crippen molar-refractivity contribution in [1.29, 1.82) is 0 Å². The van der Waals surface area contributed by atoms with E-state index in [0.717, 1.165) is 6.42 Å². The maximum atomic E-state index is 14.1. The highest BCUT2D eigenvalue weighted by Crippen LogP contribution is 2.22. The van der Waals surface area contributed by atoms with E-state index < -0.39 is 55.3 Å². The smallest absolute Gasteiger partial charge is 0.265 e. The molecule has 0 aromatic heterocycles. The van der Waals surface area contributed by atoms with E-state index in [-0.39, 0.29) is 23.7 Å². The van der Waals surface area contributed by atoms with Crippen LogP contribution in [0.5, 0.6) is 5.75 Å². The van der Waals surface area contributed by atoms with Gasteiger partial charge in [0, 0.05) is 24.1 Å². The van der Waals surface area contributed by atoms with Gasteiger partial charge in [0.1, 0.15) is 5.75 Å². The van der Waals surface area contributed by atoms with Crippen molar-refractivity contribution in [1.82, 2.24) is 15.5 Å². The van der Waals surface area contributed by atoms with Gasteiger partial charge in [0.2, 0.25) is 5.91 Å². The van der Waals surface area contributed by atoms with E-state index in [0.29, 0.717) is 17.0 Å². The molecule has 0 radical (unpaired) electrons. The standard InChI is InChI=1S/C24H37F2N3O5.C6H6.C3H8/c1-6-15(4)12-27-20(31)13-29(14-24(25,26)8-3)23(34)21(32)18(7-2)28-22(33)17-10-9-11-19(30)16(17)5;1-2-4-6-5-3-1;1-3-2/h9-11,15,18,21,30,32H,6-8,12-14H2,1-5H3,(H,27,31)(H,28,33);1-6H;3H2,1-2H3/t15-,18?,21?;;/m0../s1. The molecule has 2 aromatic rings. The first kappa shape index (κ1) is 39.5. The summed E-state index contributed by atoms with van der Waals surface area (Å²) in [5.41, 5.74) is 0.467. The topological polar surface area (TPSA) is 119 Å². The number of nitrogens with one attached hydrogen (secondary N) is 2. The molecule has 3 amide bonds. The Bertz CT molecular complexity index is 1060. The lowest BCUT2D eigenvalue weighted by Crippen LogP contribution is -2.55. The zero-order valence-electron chi connectivity index (χ0n) is 26.7. The zero-order chi connectivity index (χ0) is 33.0. The molecule has 2 rings (SSSR count). The molecule has 242 valence electrons. The Kier molecular flexibility index (Phi) is 19.5. The Labute approximate surface area is 255 Å². The Morgan fingerprint density at radius 1 is 0.930 bits per heavy atom. The SMILES string of the molecule is CCC.CCC(NC(=O)c1cccc(O)c1C)C(O)C(=O)N(CC(=O)NC[C@@H](C)CC)CC(F)(F)CC.c1ccccc1. The number of nitrogens with zero attached hydrogens (tertiary/aromatic N) is 1. The summed E-state index contributed by atoms with van der Waals surface area (Å²) in [5.74, 6) is -5.49. The minimum absolute atomic E-state index is 0.0892. The first-order chi connectivity index (χ1) is 20.3. The molecule has 4 N–H and O–H groups in total. The van der Waals surface area contributed by atoms with Crippen LogP contribution in [0, 0.1) is 12.8 Å². The van der Waals surface area contributed by atoms with Crippen LogP contribution in [0.15, 0.2) is 54.6 Å². The molecule has 0 aliphatic rings. The first-order valence-electron chi connectivity index (χ1n) is 15.0. The number of alkyl halides is 2. The second kappa shape index (κ2) is 21.2. The van der Waals surface area contributed by atoms with Gasteiger partial charge in [-0.15, -0.1) is 0 Å². The van der Waals surface area contributed by atoms with Crippen molar-refractivity contribution < 1.29 is 33.4 Å². The van der Waals surface area contributed by atoms with Gasteiger partial charge < -0.3 is 25.7 Å². The molecule has 0 saturated carbocycles. The number of halogens is 2. The molecule has 0 aliphatic carbocycles. The summed E-state index contributed by atoms with van der Waals surface area (Å²) < 4.78 is 28.3. The average Bonchev–Trinajstić information content (AvgIpc) is 3.00. The average molecular weight is 608 g/mol. The third kappa shape index (κ3) is 15.5. The number of carbonyl (C=O) groups excluding carboxylic acids is 3. The molecule has 0 spiro atoms. The van der Waals surface area contributed by atoms with E-state index >= 15 is 0 Å². The Morgan fingerprint density at radius 3 is 1.93 bits per heavy atom. The summed E-state index contributed by atoms with van der Waals surface area (Å²) in [7, 11) is 0. The highest BCUT2D eigenvalue weighted by Gasteiger charge is 2.37. The Hall–Kier alpha value is -3.53. The van der Waals surface area contributed by atoms with Gasteiger partial charge in [0.05, 0.1) is 19.1 Å². The molecule has 0 saturated heterocycles. The van der Waals surface area contributed by atoms with Gasteiger partial charge in [-0.05, 0) is 31.4 Å². The first-order valence-corrected chi connectivity index (χ1v) is 15.0. The monoisotopic (exact) mass is 607 g/mol. The highest BCUT2D eigenvalue weighted by atomic mass is 19.3. The fraction of sp³-hybridized carbons (Fsp3) is 0.545. The molecule has 0 fully saturated rings. The molecule has 0 heterocycles. The number of benzene rings is 2. The van der Waals surface area contributed by atoms with E-state index in [2.05, 4.69) is 24.5 Å². The van der Waals surface area contributed by atoms with Gasteiger partial charge in [0.15, 0.2) is 6.10 Å². The minimum atomic E-state index is -3.25. The molecule has 10 heteroatoms. The van der Waals surface area contributed by atoms with Crippen LogP contribution >= 0.6 is 0 Å². The lowest BCUT2D eigenvalue weighted by Gasteiger charge is -2.31. The van der Waals surface area contributed by atoms with E-state index in [4.69, 9.17) is 0 Å². The number of aliphatic hydroxyl groups is 1. The second-order valence-corrected chi connectivity index (χ2v) is 10.5. The summed E-state index contributed by atoms with van der Waals surface area (Å²) in [4.78, 5) is 38.6. The van der Waals surface area contributed by atoms with Gasteiger partial charge in [-0.2, -0.15) is 0 Å². The number of hydrogen-bond donors (Lipinski definition) is 4. The molecule has 0 bridgehead atoms. The molecule has 2 aromatic carbocycles. The predicted molar refractivity (Wildman–Crippen MR) is 167 cm³/mol. The van der Waals surface area contributed by atoms with Gasteiger partial charge in [-0.1, -0.05) is 96.8 Å². The van der Waals surface area contributed by atoms with Gasteiger partial charge in [0.25, 0.3) is 17.7 Å². The van der Waals surface area contributed by atoms with Gasteiger partial charge in [-0.25, -0.2) is 8.78 Å². The lowest BCUT2D eigenvalue weighted by atomic mass is 10.0. The maximum absolute atomic E-state index is 14.1. The van der Waals surface area contributed by atoms with Crippen molar-refractivity contribution in [3.8, 4) is 5.75 Å². The van der Waals surface area contributed by atoms with Crippen molar-refractivity contribution in [2.24, 2.45) is 5.92 Å². The molecular weight excluding hydrogens is 556 g/mol. The highest BCUT2D eigenvalue weighted by molar-refractivity contribution is 5.97. The van der Waals surface area contributed by atoms with E-state index in [1.165, 1.54) is 31.5 Å². The predicted octanol–water partition coefficient (Wildman–Crippen LogP) is 5.71. The fourth-order valence-electron chi connectivity index (χ4n) is 3.53. The number of hydrogen-bond acceptors (Lipinski definition) is 5. The van der Waals surface area contributed by atoms with Crippen LogP contribution in [0.1, 0.15) is 83.1 Å². The number of aliphatic hydroxyl groups excluding tert-OH is 1. The number of carbonyl (C=O) groups is 3. The zero-order valence-corrected chi connectivity index (χ0v) is 26.7. The van der Waals surface area contributed by atoms with Crippen molar-refractivity contribution in [3.63, 3.8) is 0 Å². The summed E-state index contributed by atoms with van der Waals surface area (Å²) in [6.07, 6.45) is -0.214. The van der Waals surface area contributed by atoms with Gasteiger partial charge >= 0.3 is 0 Å². The van der Waals surface area contributed by atoms with Crippen molar-refractivity contribution >= 4 is 17.7 Å². The number of phenolic OH excluding ortho intramolecular Hbond substituents is 1. The van der Waals surface area contributed by atoms with Crippen LogP contribution in [0.3, 0.4) is 0 Å². The molecule has 0 aliphatic heterocycles. The third-order valence-corrected chi connectivity index (χ3v) is 6.54. The van der Waals surface area contributed by atoms with Crippen LogP contribution in [0.2, 0.25) is 0 Å². The van der Waals surface area contributed by atoms with Crippen LogP contribution in [0.25, 0.3) is 0 Å². The summed E-state index contributed by atoms with van der Waals surface area (Å²) >= 11 is 0. The van der Waals surface area contributed by atoms with Crippen molar-refractivity contribution in [3.05, 3.63) is 65.7 Å².